The van der Waals surface area contributed by atoms with E-state index in [1.54, 1.807) is 6.20 Å². The average molecular weight is 259 g/mol. The van der Waals surface area contributed by atoms with Gasteiger partial charge in [-0.25, -0.2) is 0 Å². The molecule has 0 atom stereocenters. The Morgan fingerprint density at radius 1 is 1.16 bits per heavy atom. The lowest BCUT2D eigenvalue weighted by Gasteiger charge is -2.31. The number of aryl methyl sites for hydroxylation is 1. The standard InChI is InChI=1S/C13H17N5O/c1-10-3-4-11(14-9-10)12-15-13(16-19-12)18-7-5-17(2)6-8-18/h3-4,9H,5-8H2,1-2H3. The molecule has 1 aliphatic heterocycles. The Morgan fingerprint density at radius 3 is 2.63 bits per heavy atom. The minimum Gasteiger partial charge on any atom is -0.336 e. The molecule has 2 aromatic heterocycles. The maximum atomic E-state index is 5.29. The summed E-state index contributed by atoms with van der Waals surface area (Å²) in [5.74, 6) is 1.14. The van der Waals surface area contributed by atoms with Crippen molar-refractivity contribution < 1.29 is 4.52 Å². The molecule has 3 heterocycles. The van der Waals surface area contributed by atoms with E-state index in [1.165, 1.54) is 0 Å². The number of hydrogen-bond acceptors (Lipinski definition) is 6. The van der Waals surface area contributed by atoms with Crippen LogP contribution in [0.1, 0.15) is 5.56 Å². The number of piperazine rings is 1. The molecule has 0 amide bonds. The van der Waals surface area contributed by atoms with Crippen LogP contribution in [-0.2, 0) is 0 Å². The molecule has 6 nitrogen and oxygen atoms in total. The quantitative estimate of drug-likeness (QED) is 0.807. The topological polar surface area (TPSA) is 58.3 Å². The van der Waals surface area contributed by atoms with E-state index in [1.807, 2.05) is 19.1 Å². The summed E-state index contributed by atoms with van der Waals surface area (Å²) in [6, 6.07) is 3.89. The number of likely N-dealkylation sites (N-methyl/N-ethyl adjacent to an activating group) is 1. The number of anilines is 1. The van der Waals surface area contributed by atoms with Crippen molar-refractivity contribution in [2.75, 3.05) is 38.1 Å². The van der Waals surface area contributed by atoms with Crippen molar-refractivity contribution in [3.63, 3.8) is 0 Å². The van der Waals surface area contributed by atoms with E-state index in [4.69, 9.17) is 4.52 Å². The molecule has 0 radical (unpaired) electrons. The van der Waals surface area contributed by atoms with Gasteiger partial charge in [-0.1, -0.05) is 6.07 Å². The van der Waals surface area contributed by atoms with Crippen molar-refractivity contribution >= 4 is 5.95 Å². The molecule has 100 valence electrons. The fourth-order valence-electron chi connectivity index (χ4n) is 2.05. The van der Waals surface area contributed by atoms with Crippen LogP contribution < -0.4 is 4.90 Å². The zero-order chi connectivity index (χ0) is 13.2. The van der Waals surface area contributed by atoms with Crippen LogP contribution >= 0.6 is 0 Å². The molecular formula is C13H17N5O. The highest BCUT2D eigenvalue weighted by molar-refractivity contribution is 5.49. The Labute approximate surface area is 112 Å². The van der Waals surface area contributed by atoms with Crippen LogP contribution in [0.2, 0.25) is 0 Å². The lowest BCUT2D eigenvalue weighted by molar-refractivity contribution is 0.309. The van der Waals surface area contributed by atoms with Crippen LogP contribution in [-0.4, -0.2) is 53.3 Å². The van der Waals surface area contributed by atoms with Crippen LogP contribution in [0.4, 0.5) is 5.95 Å². The molecule has 0 aliphatic carbocycles. The molecule has 3 rings (SSSR count). The first-order valence-electron chi connectivity index (χ1n) is 6.42. The summed E-state index contributed by atoms with van der Waals surface area (Å²) in [5.41, 5.74) is 1.83. The molecule has 1 aliphatic rings. The van der Waals surface area contributed by atoms with Crippen molar-refractivity contribution in [3.05, 3.63) is 23.9 Å². The van der Waals surface area contributed by atoms with Gasteiger partial charge in [0, 0.05) is 32.4 Å². The maximum Gasteiger partial charge on any atom is 0.278 e. The number of hydrogen-bond donors (Lipinski definition) is 0. The van der Waals surface area contributed by atoms with Gasteiger partial charge in [0.1, 0.15) is 5.69 Å². The lowest BCUT2D eigenvalue weighted by Crippen LogP contribution is -2.44. The van der Waals surface area contributed by atoms with E-state index in [0.29, 0.717) is 11.8 Å². The smallest absolute Gasteiger partial charge is 0.278 e. The fourth-order valence-corrected chi connectivity index (χ4v) is 2.05. The molecule has 2 aromatic rings. The Hall–Kier alpha value is -1.95. The highest BCUT2D eigenvalue weighted by Gasteiger charge is 2.19. The van der Waals surface area contributed by atoms with E-state index in [2.05, 4.69) is 32.0 Å². The Balaban J connectivity index is 1.77. The van der Waals surface area contributed by atoms with E-state index in [-0.39, 0.29) is 0 Å². The summed E-state index contributed by atoms with van der Waals surface area (Å²) < 4.78 is 5.29. The molecule has 0 aromatic carbocycles. The van der Waals surface area contributed by atoms with Crippen molar-refractivity contribution in [1.29, 1.82) is 0 Å². The van der Waals surface area contributed by atoms with Crippen LogP contribution in [0.5, 0.6) is 0 Å². The van der Waals surface area contributed by atoms with Gasteiger partial charge in [0.15, 0.2) is 0 Å². The third-order valence-electron chi connectivity index (χ3n) is 3.33. The zero-order valence-electron chi connectivity index (χ0n) is 11.2. The van der Waals surface area contributed by atoms with Crippen LogP contribution in [0.15, 0.2) is 22.9 Å². The zero-order valence-corrected chi connectivity index (χ0v) is 11.2. The number of rotatable bonds is 2. The van der Waals surface area contributed by atoms with Crippen LogP contribution in [0.3, 0.4) is 0 Å². The SMILES string of the molecule is Cc1ccc(-c2nc(N3CCN(C)CC3)no2)nc1. The Kier molecular flexibility index (Phi) is 3.16. The summed E-state index contributed by atoms with van der Waals surface area (Å²) >= 11 is 0. The normalized spacial score (nSPS) is 16.8. The second-order valence-electron chi connectivity index (χ2n) is 4.91. The van der Waals surface area contributed by atoms with Gasteiger partial charge in [-0.05, 0) is 30.8 Å². The maximum absolute atomic E-state index is 5.29. The first kappa shape index (κ1) is 12.1. The molecule has 1 saturated heterocycles. The van der Waals surface area contributed by atoms with Crippen molar-refractivity contribution in [3.8, 4) is 11.6 Å². The van der Waals surface area contributed by atoms with Crippen LogP contribution in [0, 0.1) is 6.92 Å². The van der Waals surface area contributed by atoms with Gasteiger partial charge in [0.2, 0.25) is 0 Å². The van der Waals surface area contributed by atoms with Gasteiger partial charge in [0.05, 0.1) is 0 Å². The van der Waals surface area contributed by atoms with Crippen molar-refractivity contribution in [2.45, 2.75) is 6.92 Å². The Bertz CT molecular complexity index is 542. The predicted octanol–water partition coefficient (Wildman–Crippen LogP) is 1.19. The first-order valence-corrected chi connectivity index (χ1v) is 6.42. The van der Waals surface area contributed by atoms with Crippen molar-refractivity contribution in [1.82, 2.24) is 20.0 Å². The Morgan fingerprint density at radius 2 is 1.95 bits per heavy atom. The summed E-state index contributed by atoms with van der Waals surface area (Å²) in [4.78, 5) is 13.2. The van der Waals surface area contributed by atoms with Gasteiger partial charge in [-0.15, -0.1) is 0 Å². The highest BCUT2D eigenvalue weighted by atomic mass is 16.5. The minimum absolute atomic E-state index is 0.480. The summed E-state index contributed by atoms with van der Waals surface area (Å²) in [6.07, 6.45) is 1.80. The number of nitrogens with zero attached hydrogens (tertiary/aromatic N) is 5. The first-order chi connectivity index (χ1) is 9.22. The van der Waals surface area contributed by atoms with E-state index in [0.717, 1.165) is 37.4 Å². The fraction of sp³-hybridized carbons (Fsp3) is 0.462. The van der Waals surface area contributed by atoms with Gasteiger partial charge < -0.3 is 14.3 Å². The largest absolute Gasteiger partial charge is 0.336 e. The summed E-state index contributed by atoms with van der Waals surface area (Å²) in [5, 5.41) is 4.05. The second-order valence-corrected chi connectivity index (χ2v) is 4.91. The molecule has 19 heavy (non-hydrogen) atoms. The molecular weight excluding hydrogens is 242 g/mol. The van der Waals surface area contributed by atoms with E-state index in [9.17, 15) is 0 Å². The summed E-state index contributed by atoms with van der Waals surface area (Å²) in [6.45, 7) is 5.90. The van der Waals surface area contributed by atoms with E-state index >= 15 is 0 Å². The van der Waals surface area contributed by atoms with Gasteiger partial charge in [-0.3, -0.25) is 4.98 Å². The third-order valence-corrected chi connectivity index (χ3v) is 3.33. The van der Waals surface area contributed by atoms with E-state index < -0.39 is 0 Å². The highest BCUT2D eigenvalue weighted by Crippen LogP contribution is 2.19. The third kappa shape index (κ3) is 2.58. The summed E-state index contributed by atoms with van der Waals surface area (Å²) in [7, 11) is 2.12. The average Bonchev–Trinajstić information content (AvgIpc) is 2.90. The number of aromatic nitrogens is 3. The number of pyridine rings is 1. The monoisotopic (exact) mass is 259 g/mol. The van der Waals surface area contributed by atoms with Crippen molar-refractivity contribution in [2.24, 2.45) is 0 Å². The predicted molar refractivity (Wildman–Crippen MR) is 72.0 cm³/mol. The molecule has 6 heteroatoms. The minimum atomic E-state index is 0.480. The molecule has 0 spiro atoms. The molecule has 0 N–H and O–H groups in total. The van der Waals surface area contributed by atoms with Gasteiger partial charge in [-0.2, -0.15) is 4.98 Å². The van der Waals surface area contributed by atoms with Gasteiger partial charge >= 0.3 is 0 Å². The van der Waals surface area contributed by atoms with Gasteiger partial charge in [0.25, 0.3) is 11.8 Å². The van der Waals surface area contributed by atoms with Crippen LogP contribution in [0.25, 0.3) is 11.6 Å². The molecule has 0 saturated carbocycles. The molecule has 1 fully saturated rings. The molecule has 0 bridgehead atoms. The second kappa shape index (κ2) is 4.97. The lowest BCUT2D eigenvalue weighted by atomic mass is 10.3. The molecule has 0 unspecified atom stereocenters.